The van der Waals surface area contributed by atoms with E-state index in [-0.39, 0.29) is 22.1 Å². The summed E-state index contributed by atoms with van der Waals surface area (Å²) in [4.78, 5) is 16.6. The minimum absolute atomic E-state index is 0.0951. The molecule has 0 aliphatic carbocycles. The number of nitrogens with two attached hydrogens (primary N) is 1. The highest BCUT2D eigenvalue weighted by molar-refractivity contribution is 7.85. The van der Waals surface area contributed by atoms with Crippen LogP contribution in [0.15, 0.2) is 41.4 Å². The number of ether oxygens (including phenoxy) is 1. The zero-order valence-corrected chi connectivity index (χ0v) is 18.6. The van der Waals surface area contributed by atoms with E-state index in [1.54, 1.807) is 6.07 Å². The third kappa shape index (κ3) is 7.05. The zero-order valence-electron chi connectivity index (χ0n) is 17.0. The lowest BCUT2D eigenvalue weighted by molar-refractivity contribution is -0.137. The molecular weight excluding hydrogens is 475 g/mol. The molecule has 1 aliphatic heterocycles. The SMILES string of the molecule is C[C@@H]1CN(c2ccc(S(=O)(=O)O)cn2)C[C@H](C)O1.NC(=O)c1ccc(Cl)cc1C(F)(F)F. The molecule has 1 amide bonds. The Labute approximate surface area is 187 Å². The Morgan fingerprint density at radius 2 is 1.81 bits per heavy atom. The van der Waals surface area contributed by atoms with Crippen molar-refractivity contribution in [2.45, 2.75) is 37.1 Å². The molecule has 0 spiro atoms. The van der Waals surface area contributed by atoms with Gasteiger partial charge in [0.25, 0.3) is 10.1 Å². The van der Waals surface area contributed by atoms with E-state index in [0.29, 0.717) is 25.0 Å². The quantitative estimate of drug-likeness (QED) is 0.625. The van der Waals surface area contributed by atoms with Crippen molar-refractivity contribution in [1.29, 1.82) is 0 Å². The summed E-state index contributed by atoms with van der Waals surface area (Å²) >= 11 is 5.38. The van der Waals surface area contributed by atoms with Gasteiger partial charge < -0.3 is 15.4 Å². The Bertz CT molecular complexity index is 1050. The Morgan fingerprint density at radius 1 is 1.22 bits per heavy atom. The molecule has 1 aromatic carbocycles. The first kappa shape index (κ1) is 25.8. The van der Waals surface area contributed by atoms with Crippen molar-refractivity contribution in [2.75, 3.05) is 18.0 Å². The van der Waals surface area contributed by atoms with Gasteiger partial charge in [-0.05, 0) is 44.2 Å². The predicted octanol–water partition coefficient (Wildman–Crippen LogP) is 3.40. The van der Waals surface area contributed by atoms with Gasteiger partial charge in [0, 0.05) is 18.1 Å². The first-order chi connectivity index (χ1) is 14.7. The second kappa shape index (κ2) is 10.0. The molecule has 0 saturated carbocycles. The summed E-state index contributed by atoms with van der Waals surface area (Å²) in [5, 5.41) is -0.0951. The van der Waals surface area contributed by atoms with E-state index in [9.17, 15) is 26.4 Å². The Morgan fingerprint density at radius 3 is 2.25 bits per heavy atom. The maximum atomic E-state index is 12.3. The number of benzene rings is 1. The van der Waals surface area contributed by atoms with Crippen molar-refractivity contribution in [2.24, 2.45) is 5.73 Å². The molecule has 3 rings (SSSR count). The summed E-state index contributed by atoms with van der Waals surface area (Å²) in [5.41, 5.74) is 3.08. The highest BCUT2D eigenvalue weighted by atomic mass is 35.5. The molecule has 0 unspecified atom stereocenters. The van der Waals surface area contributed by atoms with Crippen molar-refractivity contribution >= 4 is 33.4 Å². The van der Waals surface area contributed by atoms with E-state index in [1.807, 2.05) is 18.7 Å². The van der Waals surface area contributed by atoms with E-state index in [2.05, 4.69) is 4.98 Å². The molecule has 2 aromatic rings. The van der Waals surface area contributed by atoms with Crippen LogP contribution in [0.2, 0.25) is 5.02 Å². The standard InChI is InChI=1S/C11H16N2O4S.C8H5ClF3NO/c1-8-6-13(7-9(2)17-8)11-4-3-10(5-12-11)18(14,15)16;9-4-1-2-5(7(13)14)6(3-4)8(10,11)12/h3-5,8-9H,6-7H2,1-2H3,(H,14,15,16);1-3H,(H2,13,14)/t8-,9+;. The van der Waals surface area contributed by atoms with Crippen molar-refractivity contribution in [3.05, 3.63) is 52.7 Å². The van der Waals surface area contributed by atoms with E-state index in [1.165, 1.54) is 12.1 Å². The number of morpholine rings is 1. The molecule has 1 fully saturated rings. The molecule has 1 saturated heterocycles. The number of carbonyl (C=O) groups excluding carboxylic acids is 1. The maximum Gasteiger partial charge on any atom is 0.417 e. The molecule has 0 radical (unpaired) electrons. The molecule has 13 heteroatoms. The number of pyridine rings is 1. The number of alkyl halides is 3. The van der Waals surface area contributed by atoms with Gasteiger partial charge in [-0.3, -0.25) is 9.35 Å². The first-order valence-electron chi connectivity index (χ1n) is 9.19. The Hall–Kier alpha value is -2.41. The second-order valence-electron chi connectivity index (χ2n) is 7.04. The molecule has 0 bridgehead atoms. The van der Waals surface area contributed by atoms with Crippen molar-refractivity contribution in [3.8, 4) is 0 Å². The number of halogens is 4. The molecular formula is C19H21ClF3N3O5S. The lowest BCUT2D eigenvalue weighted by Crippen LogP contribution is -2.45. The summed E-state index contributed by atoms with van der Waals surface area (Å²) < 4.78 is 73.3. The summed E-state index contributed by atoms with van der Waals surface area (Å²) in [6.07, 6.45) is -3.25. The van der Waals surface area contributed by atoms with E-state index in [0.717, 1.165) is 12.3 Å². The third-order valence-electron chi connectivity index (χ3n) is 4.31. The lowest BCUT2D eigenvalue weighted by atomic mass is 10.1. The Balaban J connectivity index is 0.000000235. The number of carbonyl (C=O) groups is 1. The van der Waals surface area contributed by atoms with Crippen LogP contribution in [0.1, 0.15) is 29.8 Å². The van der Waals surface area contributed by atoms with E-state index >= 15 is 0 Å². The molecule has 1 aliphatic rings. The molecule has 2 atom stereocenters. The fraction of sp³-hybridized carbons (Fsp3) is 0.368. The van der Waals surface area contributed by atoms with Crippen LogP contribution in [-0.4, -0.2) is 49.2 Å². The number of hydrogen-bond donors (Lipinski definition) is 2. The van der Waals surface area contributed by atoms with Crippen LogP contribution in [0.3, 0.4) is 0 Å². The summed E-state index contributed by atoms with van der Waals surface area (Å²) in [7, 11) is -4.18. The predicted molar refractivity (Wildman–Crippen MR) is 111 cm³/mol. The summed E-state index contributed by atoms with van der Waals surface area (Å²) in [6, 6.07) is 5.74. The van der Waals surface area contributed by atoms with Gasteiger partial charge in [0.2, 0.25) is 5.91 Å². The largest absolute Gasteiger partial charge is 0.417 e. The van der Waals surface area contributed by atoms with Crippen molar-refractivity contribution in [3.63, 3.8) is 0 Å². The van der Waals surface area contributed by atoms with Gasteiger partial charge in [-0.25, -0.2) is 4.98 Å². The molecule has 8 nitrogen and oxygen atoms in total. The highest BCUT2D eigenvalue weighted by Gasteiger charge is 2.34. The van der Waals surface area contributed by atoms with Gasteiger partial charge in [-0.15, -0.1) is 0 Å². The summed E-state index contributed by atoms with van der Waals surface area (Å²) in [6.45, 7) is 5.38. The molecule has 3 N–H and O–H groups in total. The van der Waals surface area contributed by atoms with Gasteiger partial charge in [0.05, 0.1) is 29.5 Å². The number of amides is 1. The smallest absolute Gasteiger partial charge is 0.372 e. The number of hydrogen-bond acceptors (Lipinski definition) is 6. The van der Waals surface area contributed by atoms with Crippen LogP contribution in [0.25, 0.3) is 0 Å². The molecule has 176 valence electrons. The van der Waals surface area contributed by atoms with Crippen LogP contribution in [0, 0.1) is 0 Å². The highest BCUT2D eigenvalue weighted by Crippen LogP contribution is 2.33. The molecule has 2 heterocycles. The van der Waals surface area contributed by atoms with Crippen LogP contribution in [-0.2, 0) is 21.0 Å². The maximum absolute atomic E-state index is 12.3. The van der Waals surface area contributed by atoms with E-state index < -0.39 is 33.3 Å². The van der Waals surface area contributed by atoms with Gasteiger partial charge >= 0.3 is 6.18 Å². The van der Waals surface area contributed by atoms with Gasteiger partial charge in [-0.2, -0.15) is 21.6 Å². The fourth-order valence-corrected chi connectivity index (χ4v) is 3.64. The van der Waals surface area contributed by atoms with Gasteiger partial charge in [-0.1, -0.05) is 11.6 Å². The lowest BCUT2D eigenvalue weighted by Gasteiger charge is -2.36. The van der Waals surface area contributed by atoms with E-state index in [4.69, 9.17) is 26.6 Å². The van der Waals surface area contributed by atoms with Crippen LogP contribution < -0.4 is 10.6 Å². The third-order valence-corrected chi connectivity index (χ3v) is 5.39. The number of aromatic nitrogens is 1. The summed E-state index contributed by atoms with van der Waals surface area (Å²) in [5.74, 6) is -0.446. The average Bonchev–Trinajstić information content (AvgIpc) is 2.66. The van der Waals surface area contributed by atoms with Crippen LogP contribution >= 0.6 is 11.6 Å². The molecule has 1 aromatic heterocycles. The number of primary amides is 1. The van der Waals surface area contributed by atoms with Crippen LogP contribution in [0.4, 0.5) is 19.0 Å². The number of nitrogens with zero attached hydrogens (tertiary/aromatic N) is 2. The van der Waals surface area contributed by atoms with Gasteiger partial charge in [0.1, 0.15) is 10.7 Å². The average molecular weight is 496 g/mol. The molecule has 32 heavy (non-hydrogen) atoms. The normalized spacial score (nSPS) is 19.2. The van der Waals surface area contributed by atoms with Crippen molar-refractivity contribution < 1.29 is 35.7 Å². The first-order valence-corrected chi connectivity index (χ1v) is 11.0. The minimum atomic E-state index is -4.63. The van der Waals surface area contributed by atoms with Crippen LogP contribution in [0.5, 0.6) is 0 Å². The number of rotatable bonds is 3. The van der Waals surface area contributed by atoms with Gasteiger partial charge in [0.15, 0.2) is 0 Å². The monoisotopic (exact) mass is 495 g/mol. The second-order valence-corrected chi connectivity index (χ2v) is 8.90. The van der Waals surface area contributed by atoms with Crippen molar-refractivity contribution in [1.82, 2.24) is 4.98 Å². The fourth-order valence-electron chi connectivity index (χ4n) is 3.04. The minimum Gasteiger partial charge on any atom is -0.372 e. The Kier molecular flexibility index (Phi) is 8.10. The number of anilines is 1. The zero-order chi connectivity index (χ0) is 24.3. The topological polar surface area (TPSA) is 123 Å².